The Bertz CT molecular complexity index is 599. The van der Waals surface area contributed by atoms with E-state index in [1.54, 1.807) is 11.0 Å². The molecule has 3 rings (SSSR count). The Labute approximate surface area is 127 Å². The smallest absolute Gasteiger partial charge is 0.335 e. The fraction of sp³-hybridized carbons (Fsp3) is 0.467. The maximum Gasteiger partial charge on any atom is 0.335 e. The third-order valence-corrected chi connectivity index (χ3v) is 4.39. The summed E-state index contributed by atoms with van der Waals surface area (Å²) in [7, 11) is 0. The van der Waals surface area contributed by atoms with Gasteiger partial charge in [-0.3, -0.25) is 4.79 Å². The number of ether oxygens (including phenoxy) is 1. The molecule has 1 aliphatic carbocycles. The first kappa shape index (κ1) is 14.4. The van der Waals surface area contributed by atoms with Crippen molar-refractivity contribution in [1.29, 1.82) is 0 Å². The number of benzene rings is 1. The lowest BCUT2D eigenvalue weighted by Gasteiger charge is -2.39. The second-order valence-corrected chi connectivity index (χ2v) is 5.96. The average molecular weight is 310 g/mol. The van der Waals surface area contributed by atoms with Crippen LogP contribution in [-0.2, 0) is 14.3 Å². The molecule has 1 aliphatic heterocycles. The van der Waals surface area contributed by atoms with Gasteiger partial charge in [-0.1, -0.05) is 23.7 Å². The Morgan fingerprint density at radius 1 is 1.43 bits per heavy atom. The maximum atomic E-state index is 12.2. The number of carbonyl (C=O) groups excluding carboxylic acids is 1. The number of carboxylic acids is 1. The van der Waals surface area contributed by atoms with Gasteiger partial charge in [-0.15, -0.1) is 0 Å². The molecule has 2 fully saturated rings. The number of rotatable bonds is 3. The number of halogens is 1. The Hall–Kier alpha value is -1.59. The predicted molar refractivity (Wildman–Crippen MR) is 76.2 cm³/mol. The van der Waals surface area contributed by atoms with E-state index >= 15 is 0 Å². The first-order valence-corrected chi connectivity index (χ1v) is 7.28. The first-order valence-electron chi connectivity index (χ1n) is 6.90. The molecule has 21 heavy (non-hydrogen) atoms. The Morgan fingerprint density at radius 3 is 2.71 bits per heavy atom. The van der Waals surface area contributed by atoms with Crippen molar-refractivity contribution in [2.75, 3.05) is 6.61 Å². The second kappa shape index (κ2) is 5.31. The molecule has 0 spiro atoms. The van der Waals surface area contributed by atoms with E-state index < -0.39 is 18.1 Å². The summed E-state index contributed by atoms with van der Waals surface area (Å²) in [6.07, 6.45) is 0.768. The lowest BCUT2D eigenvalue weighted by Crippen LogP contribution is -2.52. The molecule has 0 bridgehead atoms. The molecule has 2 aliphatic rings. The van der Waals surface area contributed by atoms with Gasteiger partial charge in [-0.05, 0) is 37.0 Å². The minimum absolute atomic E-state index is 0.119. The van der Waals surface area contributed by atoms with Crippen LogP contribution >= 0.6 is 11.6 Å². The monoisotopic (exact) mass is 309 g/mol. The minimum atomic E-state index is -1.06. The van der Waals surface area contributed by atoms with Crippen molar-refractivity contribution >= 4 is 23.5 Å². The van der Waals surface area contributed by atoms with Crippen LogP contribution < -0.4 is 0 Å². The average Bonchev–Trinajstić information content (AvgIpc) is 3.25. The van der Waals surface area contributed by atoms with E-state index in [0.29, 0.717) is 10.6 Å². The van der Waals surface area contributed by atoms with Gasteiger partial charge in [-0.2, -0.15) is 0 Å². The third-order valence-electron chi connectivity index (χ3n) is 3.98. The lowest BCUT2D eigenvalue weighted by molar-refractivity contribution is -0.174. The zero-order chi connectivity index (χ0) is 15.1. The van der Waals surface area contributed by atoms with Crippen LogP contribution in [0.1, 0.15) is 30.0 Å². The van der Waals surface area contributed by atoms with Crippen LogP contribution in [-0.4, -0.2) is 40.6 Å². The van der Waals surface area contributed by atoms with E-state index in [2.05, 4.69) is 0 Å². The van der Waals surface area contributed by atoms with E-state index in [-0.39, 0.29) is 18.6 Å². The molecule has 5 nitrogen and oxygen atoms in total. The van der Waals surface area contributed by atoms with Crippen LogP contribution in [0.3, 0.4) is 0 Å². The number of nitrogens with zero attached hydrogens (tertiary/aromatic N) is 1. The molecule has 1 aromatic rings. The van der Waals surface area contributed by atoms with Crippen LogP contribution in [0.15, 0.2) is 18.2 Å². The Balaban J connectivity index is 2.03. The molecule has 1 saturated carbocycles. The number of hydrogen-bond acceptors (Lipinski definition) is 3. The number of aliphatic carboxylic acids is 1. The number of amides is 1. The van der Waals surface area contributed by atoms with Gasteiger partial charge in [0, 0.05) is 11.1 Å². The number of carbonyl (C=O) groups is 2. The summed E-state index contributed by atoms with van der Waals surface area (Å²) in [5.74, 6) is -1.22. The fourth-order valence-corrected chi connectivity index (χ4v) is 2.94. The van der Waals surface area contributed by atoms with E-state index in [0.717, 1.165) is 18.4 Å². The molecule has 0 radical (unpaired) electrons. The van der Waals surface area contributed by atoms with Crippen LogP contribution in [0.5, 0.6) is 0 Å². The molecular weight excluding hydrogens is 294 g/mol. The van der Waals surface area contributed by atoms with Gasteiger partial charge in [0.1, 0.15) is 6.61 Å². The lowest BCUT2D eigenvalue weighted by atomic mass is 9.96. The number of hydrogen-bond donors (Lipinski definition) is 1. The van der Waals surface area contributed by atoms with Crippen molar-refractivity contribution in [2.24, 2.45) is 0 Å². The van der Waals surface area contributed by atoms with Crippen LogP contribution in [0, 0.1) is 6.92 Å². The maximum absolute atomic E-state index is 12.2. The van der Waals surface area contributed by atoms with Crippen molar-refractivity contribution in [3.8, 4) is 0 Å². The van der Waals surface area contributed by atoms with Crippen molar-refractivity contribution in [3.63, 3.8) is 0 Å². The number of aryl methyl sites for hydroxylation is 1. The summed E-state index contributed by atoms with van der Waals surface area (Å²) in [6.45, 7) is 1.70. The van der Waals surface area contributed by atoms with Crippen LogP contribution in [0.4, 0.5) is 0 Å². The summed E-state index contributed by atoms with van der Waals surface area (Å²) < 4.78 is 5.26. The summed E-state index contributed by atoms with van der Waals surface area (Å²) >= 11 is 6.15. The molecule has 1 amide bonds. The molecule has 2 unspecified atom stereocenters. The van der Waals surface area contributed by atoms with E-state index in [9.17, 15) is 14.7 Å². The van der Waals surface area contributed by atoms with E-state index in [4.69, 9.17) is 16.3 Å². The fourth-order valence-electron chi connectivity index (χ4n) is 2.75. The molecular formula is C15H16ClNO4. The normalized spacial score (nSPS) is 26.0. The van der Waals surface area contributed by atoms with Crippen LogP contribution in [0.2, 0.25) is 5.02 Å². The molecule has 1 N–H and O–H groups in total. The quantitative estimate of drug-likeness (QED) is 0.929. The zero-order valence-electron chi connectivity index (χ0n) is 11.6. The predicted octanol–water partition coefficient (Wildman–Crippen LogP) is 2.16. The third kappa shape index (κ3) is 2.63. The first-order chi connectivity index (χ1) is 9.99. The van der Waals surface area contributed by atoms with Gasteiger partial charge >= 0.3 is 5.97 Å². The number of carboxylic acid groups (broad SMARTS) is 1. The highest BCUT2D eigenvalue weighted by Gasteiger charge is 2.47. The molecule has 1 aromatic carbocycles. The van der Waals surface area contributed by atoms with Gasteiger partial charge in [0.05, 0.1) is 6.04 Å². The van der Waals surface area contributed by atoms with Gasteiger partial charge < -0.3 is 14.7 Å². The van der Waals surface area contributed by atoms with Crippen LogP contribution in [0.25, 0.3) is 0 Å². The minimum Gasteiger partial charge on any atom is -0.479 e. The summed E-state index contributed by atoms with van der Waals surface area (Å²) in [5, 5.41) is 9.96. The van der Waals surface area contributed by atoms with Gasteiger partial charge in [-0.25, -0.2) is 4.79 Å². The highest BCUT2D eigenvalue weighted by atomic mass is 35.5. The highest BCUT2D eigenvalue weighted by Crippen LogP contribution is 2.40. The Morgan fingerprint density at radius 2 is 2.14 bits per heavy atom. The SMILES string of the molecule is Cc1ccc(C2C(C(=O)O)OCC(=O)N2C2CC2)cc1Cl. The zero-order valence-corrected chi connectivity index (χ0v) is 12.3. The van der Waals surface area contributed by atoms with Gasteiger partial charge in [0.15, 0.2) is 6.10 Å². The van der Waals surface area contributed by atoms with Crippen molar-refractivity contribution < 1.29 is 19.4 Å². The summed E-state index contributed by atoms with van der Waals surface area (Å²) in [5.41, 5.74) is 1.62. The molecule has 112 valence electrons. The van der Waals surface area contributed by atoms with Gasteiger partial charge in [0.25, 0.3) is 0 Å². The van der Waals surface area contributed by atoms with E-state index in [1.165, 1.54) is 0 Å². The highest BCUT2D eigenvalue weighted by molar-refractivity contribution is 6.31. The number of morpholine rings is 1. The second-order valence-electron chi connectivity index (χ2n) is 5.56. The molecule has 6 heteroatoms. The van der Waals surface area contributed by atoms with Gasteiger partial charge in [0.2, 0.25) is 5.91 Å². The van der Waals surface area contributed by atoms with E-state index in [1.807, 2.05) is 19.1 Å². The van der Waals surface area contributed by atoms with Crippen molar-refractivity contribution in [1.82, 2.24) is 4.90 Å². The van der Waals surface area contributed by atoms with Crippen molar-refractivity contribution in [3.05, 3.63) is 34.3 Å². The summed E-state index contributed by atoms with van der Waals surface area (Å²) in [6, 6.07) is 4.89. The largest absolute Gasteiger partial charge is 0.479 e. The topological polar surface area (TPSA) is 66.8 Å². The molecule has 1 saturated heterocycles. The molecule has 2 atom stereocenters. The summed E-state index contributed by atoms with van der Waals surface area (Å²) in [4.78, 5) is 25.3. The standard InChI is InChI=1S/C15H16ClNO4/c1-8-2-3-9(6-11(8)16)13-14(15(19)20)21-7-12(18)17(13)10-4-5-10/h2-3,6,10,13-14H,4-5,7H2,1H3,(H,19,20). The molecule has 0 aromatic heterocycles. The van der Waals surface area contributed by atoms with Crippen molar-refractivity contribution in [2.45, 2.75) is 38.0 Å². The Kier molecular flexibility index (Phi) is 3.63. The molecule has 1 heterocycles.